The van der Waals surface area contributed by atoms with Crippen LogP contribution < -0.4 is 0 Å². The third-order valence-electron chi connectivity index (χ3n) is 2.55. The molecule has 17 heavy (non-hydrogen) atoms. The molecule has 1 aromatic rings. The van der Waals surface area contributed by atoms with Gasteiger partial charge in [0.25, 0.3) is 0 Å². The molecule has 0 N–H and O–H groups in total. The van der Waals surface area contributed by atoms with E-state index in [2.05, 4.69) is 15.9 Å². The lowest BCUT2D eigenvalue weighted by Crippen LogP contribution is -2.30. The summed E-state index contributed by atoms with van der Waals surface area (Å²) in [5, 5.41) is 0. The SMILES string of the molecule is CC(c1ccc(F)c(F)c1)N(C)S(=O)(=O)CBr. The minimum Gasteiger partial charge on any atom is -0.211 e. The van der Waals surface area contributed by atoms with Crippen molar-refractivity contribution in [3.05, 3.63) is 35.4 Å². The van der Waals surface area contributed by atoms with E-state index in [1.54, 1.807) is 6.92 Å². The Morgan fingerprint density at radius 3 is 2.41 bits per heavy atom. The van der Waals surface area contributed by atoms with Crippen LogP contribution in [0.5, 0.6) is 0 Å². The summed E-state index contributed by atoms with van der Waals surface area (Å²) in [7, 11) is -2.04. The fraction of sp³-hybridized carbons (Fsp3) is 0.400. The maximum Gasteiger partial charge on any atom is 0.224 e. The Morgan fingerprint density at radius 1 is 1.35 bits per heavy atom. The third kappa shape index (κ3) is 3.23. The Balaban J connectivity index is 3.04. The van der Waals surface area contributed by atoms with Gasteiger partial charge in [0.2, 0.25) is 10.0 Å². The standard InChI is InChI=1S/C10H12BrF2NO2S/c1-7(14(2)17(15,16)6-11)8-3-4-9(12)10(13)5-8/h3-5,7H,6H2,1-2H3. The fourth-order valence-corrected chi connectivity index (χ4v) is 3.03. The van der Waals surface area contributed by atoms with E-state index in [1.807, 2.05) is 0 Å². The number of hydrogen-bond acceptors (Lipinski definition) is 2. The zero-order valence-electron chi connectivity index (χ0n) is 9.32. The van der Waals surface area contributed by atoms with Crippen molar-refractivity contribution < 1.29 is 17.2 Å². The molecule has 0 aliphatic heterocycles. The highest BCUT2D eigenvalue weighted by molar-refractivity contribution is 9.10. The second kappa shape index (κ2) is 5.41. The quantitative estimate of drug-likeness (QED) is 0.797. The Hall–Kier alpha value is -0.530. The largest absolute Gasteiger partial charge is 0.224 e. The first-order valence-electron chi connectivity index (χ1n) is 4.76. The Labute approximate surface area is 108 Å². The predicted octanol–water partition coefficient (Wildman–Crippen LogP) is 2.64. The summed E-state index contributed by atoms with van der Waals surface area (Å²) in [6.07, 6.45) is 0. The minimum atomic E-state index is -3.43. The second-order valence-electron chi connectivity index (χ2n) is 3.59. The Morgan fingerprint density at radius 2 is 1.94 bits per heavy atom. The van der Waals surface area contributed by atoms with Crippen LogP contribution in [0.1, 0.15) is 18.5 Å². The minimum absolute atomic E-state index is 0.218. The molecule has 0 spiro atoms. The van der Waals surface area contributed by atoms with Crippen molar-refractivity contribution >= 4 is 26.0 Å². The van der Waals surface area contributed by atoms with Crippen LogP contribution in [-0.4, -0.2) is 24.4 Å². The molecule has 1 unspecified atom stereocenters. The van der Waals surface area contributed by atoms with Crippen LogP contribution in [0.3, 0.4) is 0 Å². The fourth-order valence-electron chi connectivity index (χ4n) is 1.30. The molecule has 3 nitrogen and oxygen atoms in total. The molecule has 0 aliphatic carbocycles. The molecule has 0 amide bonds. The van der Waals surface area contributed by atoms with Crippen LogP contribution in [0.15, 0.2) is 18.2 Å². The molecule has 0 saturated heterocycles. The summed E-state index contributed by atoms with van der Waals surface area (Å²) in [6, 6.07) is 2.78. The molecule has 0 aliphatic rings. The first-order valence-corrected chi connectivity index (χ1v) is 7.49. The van der Waals surface area contributed by atoms with Crippen molar-refractivity contribution in [2.24, 2.45) is 0 Å². The molecule has 1 atom stereocenters. The van der Waals surface area contributed by atoms with Gasteiger partial charge in [0.05, 0.1) is 0 Å². The number of nitrogens with zero attached hydrogens (tertiary/aromatic N) is 1. The van der Waals surface area contributed by atoms with Gasteiger partial charge in [-0.05, 0) is 24.6 Å². The first-order chi connectivity index (χ1) is 7.79. The molecular weight excluding hydrogens is 316 g/mol. The maximum absolute atomic E-state index is 13.0. The van der Waals surface area contributed by atoms with Crippen LogP contribution in [0, 0.1) is 11.6 Å². The van der Waals surface area contributed by atoms with Gasteiger partial charge in [0.1, 0.15) is 4.66 Å². The lowest BCUT2D eigenvalue weighted by atomic mass is 10.1. The van der Waals surface area contributed by atoms with Gasteiger partial charge in [-0.1, -0.05) is 22.0 Å². The number of alkyl halides is 1. The summed E-state index contributed by atoms with van der Waals surface area (Å²) < 4.78 is 49.8. The van der Waals surface area contributed by atoms with Gasteiger partial charge in [-0.2, -0.15) is 4.31 Å². The van der Waals surface area contributed by atoms with Gasteiger partial charge < -0.3 is 0 Å². The van der Waals surface area contributed by atoms with Crippen molar-refractivity contribution in [2.75, 3.05) is 11.7 Å². The maximum atomic E-state index is 13.0. The van der Waals surface area contributed by atoms with Crippen LogP contribution in [0.2, 0.25) is 0 Å². The van der Waals surface area contributed by atoms with Crippen molar-refractivity contribution in [1.82, 2.24) is 4.31 Å². The summed E-state index contributed by atoms with van der Waals surface area (Å²) in [6.45, 7) is 1.60. The zero-order chi connectivity index (χ0) is 13.2. The average molecular weight is 328 g/mol. The van der Waals surface area contributed by atoms with Crippen LogP contribution in [0.4, 0.5) is 8.78 Å². The predicted molar refractivity (Wildman–Crippen MR) is 65.2 cm³/mol. The van der Waals surface area contributed by atoms with E-state index in [0.717, 1.165) is 16.4 Å². The smallest absolute Gasteiger partial charge is 0.211 e. The van der Waals surface area contributed by atoms with E-state index in [1.165, 1.54) is 13.1 Å². The molecule has 0 radical (unpaired) electrons. The summed E-state index contributed by atoms with van der Waals surface area (Å²) in [5.74, 6) is -1.94. The van der Waals surface area contributed by atoms with E-state index in [9.17, 15) is 17.2 Å². The Kier molecular flexibility index (Phi) is 4.62. The van der Waals surface area contributed by atoms with Crippen LogP contribution in [-0.2, 0) is 10.0 Å². The number of halogens is 3. The number of sulfonamides is 1. The van der Waals surface area contributed by atoms with E-state index in [0.29, 0.717) is 5.56 Å². The molecule has 0 heterocycles. The number of hydrogen-bond donors (Lipinski definition) is 0. The monoisotopic (exact) mass is 327 g/mol. The van der Waals surface area contributed by atoms with Gasteiger partial charge in [-0.25, -0.2) is 17.2 Å². The normalized spacial score (nSPS) is 14.0. The first kappa shape index (κ1) is 14.5. The lowest BCUT2D eigenvalue weighted by Gasteiger charge is -2.23. The highest BCUT2D eigenvalue weighted by atomic mass is 79.9. The van der Waals surface area contributed by atoms with Gasteiger partial charge in [0.15, 0.2) is 11.6 Å². The summed E-state index contributed by atoms with van der Waals surface area (Å²) in [5.41, 5.74) is 0.399. The molecule has 1 rings (SSSR count). The van der Waals surface area contributed by atoms with Crippen molar-refractivity contribution in [1.29, 1.82) is 0 Å². The van der Waals surface area contributed by atoms with Gasteiger partial charge in [0, 0.05) is 13.1 Å². The molecule has 7 heteroatoms. The highest BCUT2D eigenvalue weighted by Crippen LogP contribution is 2.23. The molecule has 0 saturated carbocycles. The molecule has 1 aromatic carbocycles. The molecule has 0 aromatic heterocycles. The molecule has 96 valence electrons. The average Bonchev–Trinajstić information content (AvgIpc) is 2.30. The van der Waals surface area contributed by atoms with Crippen molar-refractivity contribution in [3.63, 3.8) is 0 Å². The van der Waals surface area contributed by atoms with E-state index in [4.69, 9.17) is 0 Å². The highest BCUT2D eigenvalue weighted by Gasteiger charge is 2.23. The molecular formula is C10H12BrF2NO2S. The number of benzene rings is 1. The van der Waals surface area contributed by atoms with E-state index < -0.39 is 27.7 Å². The van der Waals surface area contributed by atoms with Crippen molar-refractivity contribution in [3.8, 4) is 0 Å². The van der Waals surface area contributed by atoms with E-state index >= 15 is 0 Å². The molecule has 0 bridgehead atoms. The van der Waals surface area contributed by atoms with Gasteiger partial charge in [-0.15, -0.1) is 0 Å². The van der Waals surface area contributed by atoms with Gasteiger partial charge in [-0.3, -0.25) is 0 Å². The zero-order valence-corrected chi connectivity index (χ0v) is 11.7. The third-order valence-corrected chi connectivity index (χ3v) is 5.75. The van der Waals surface area contributed by atoms with Crippen LogP contribution in [0.25, 0.3) is 0 Å². The lowest BCUT2D eigenvalue weighted by molar-refractivity contribution is 0.398. The summed E-state index contributed by atoms with van der Waals surface area (Å²) in [4.78, 5) is 0. The number of rotatable bonds is 4. The topological polar surface area (TPSA) is 37.4 Å². The van der Waals surface area contributed by atoms with Gasteiger partial charge >= 0.3 is 0 Å². The van der Waals surface area contributed by atoms with Crippen LogP contribution >= 0.6 is 15.9 Å². The second-order valence-corrected chi connectivity index (χ2v) is 6.92. The Bertz CT molecular complexity index is 507. The van der Waals surface area contributed by atoms with Crippen molar-refractivity contribution in [2.45, 2.75) is 13.0 Å². The molecule has 0 fully saturated rings. The van der Waals surface area contributed by atoms with E-state index in [-0.39, 0.29) is 4.66 Å². The summed E-state index contributed by atoms with van der Waals surface area (Å²) >= 11 is 2.87.